The van der Waals surface area contributed by atoms with Crippen LogP contribution < -0.4 is 5.32 Å². The van der Waals surface area contributed by atoms with Crippen LogP contribution in [-0.2, 0) is 19.9 Å². The van der Waals surface area contributed by atoms with Crippen molar-refractivity contribution in [3.8, 4) is 0 Å². The summed E-state index contributed by atoms with van der Waals surface area (Å²) < 4.78 is 61.8. The number of halogens is 5. The van der Waals surface area contributed by atoms with Crippen LogP contribution in [0.2, 0.25) is 5.02 Å². The van der Waals surface area contributed by atoms with Crippen LogP contribution >= 0.6 is 11.6 Å². The quantitative estimate of drug-likeness (QED) is 0.599. The van der Waals surface area contributed by atoms with Gasteiger partial charge in [0, 0.05) is 49.7 Å². The first-order chi connectivity index (χ1) is 16.5. The van der Waals surface area contributed by atoms with E-state index in [0.29, 0.717) is 19.4 Å². The van der Waals surface area contributed by atoms with Gasteiger partial charge in [-0.2, -0.15) is 13.2 Å². The highest BCUT2D eigenvalue weighted by Crippen LogP contribution is 2.51. The third-order valence-corrected chi connectivity index (χ3v) is 7.66. The second-order valence-electron chi connectivity index (χ2n) is 9.10. The molecule has 10 heteroatoms. The number of rotatable bonds is 4. The molecule has 5 nitrogen and oxygen atoms in total. The molecule has 1 spiro atoms. The number of nitrogens with zero attached hydrogens (tertiary/aromatic N) is 1. The smallest absolute Gasteiger partial charge is 0.356 e. The Labute approximate surface area is 205 Å². The van der Waals surface area contributed by atoms with Gasteiger partial charge in [0.25, 0.3) is 11.5 Å². The molecule has 0 bridgehead atoms. The second-order valence-corrected chi connectivity index (χ2v) is 9.51. The first kappa shape index (κ1) is 25.4. The van der Waals surface area contributed by atoms with Gasteiger partial charge in [-0.3, -0.25) is 9.59 Å². The SMILES string of the molecule is CO[C@](C(=O)N1CCC2(CC1)CC(=O)NC[C@H]2c1ccc(F)cc1)(c1ccccc1Cl)C(F)(F)F. The van der Waals surface area contributed by atoms with Crippen LogP contribution in [-0.4, -0.2) is 49.6 Å². The fraction of sp³-hybridized carbons (Fsp3) is 0.440. The molecule has 2 heterocycles. The number of benzene rings is 2. The zero-order chi connectivity index (χ0) is 25.4. The number of hydrogen-bond donors (Lipinski definition) is 1. The number of ether oxygens (including phenoxy) is 1. The summed E-state index contributed by atoms with van der Waals surface area (Å²) in [5.41, 5.74) is -3.45. The molecule has 2 aromatic rings. The van der Waals surface area contributed by atoms with Crippen LogP contribution in [0, 0.1) is 11.2 Å². The second kappa shape index (κ2) is 9.43. The van der Waals surface area contributed by atoms with E-state index in [9.17, 15) is 27.2 Å². The van der Waals surface area contributed by atoms with E-state index in [-0.39, 0.29) is 42.2 Å². The molecule has 0 aromatic heterocycles. The Bertz CT molecular complexity index is 1100. The van der Waals surface area contributed by atoms with E-state index in [2.05, 4.69) is 5.32 Å². The molecule has 2 atom stereocenters. The van der Waals surface area contributed by atoms with Gasteiger partial charge < -0.3 is 15.0 Å². The lowest BCUT2D eigenvalue weighted by Crippen LogP contribution is -2.60. The molecular weight excluding hydrogens is 488 g/mol. The number of alkyl halides is 3. The van der Waals surface area contributed by atoms with Crippen molar-refractivity contribution in [2.45, 2.75) is 37.0 Å². The van der Waals surface area contributed by atoms with Crippen LogP contribution in [0.4, 0.5) is 17.6 Å². The van der Waals surface area contributed by atoms with Gasteiger partial charge in [0.2, 0.25) is 5.91 Å². The van der Waals surface area contributed by atoms with Crippen molar-refractivity contribution >= 4 is 23.4 Å². The standard InChI is InChI=1S/C25H25ClF4N2O3/c1-35-24(25(28,29)30,18-4-2-3-5-20(18)26)22(34)32-12-10-23(11-13-32)14-21(33)31-15-19(23)16-6-8-17(27)9-7-16/h2-9,19H,10-15H2,1H3,(H,31,33)/t19-,24-/m0/s1. The van der Waals surface area contributed by atoms with Crippen molar-refractivity contribution in [2.75, 3.05) is 26.7 Å². The van der Waals surface area contributed by atoms with E-state index in [1.165, 1.54) is 30.3 Å². The summed E-state index contributed by atoms with van der Waals surface area (Å²) in [5, 5.41) is 2.61. The highest BCUT2D eigenvalue weighted by molar-refractivity contribution is 6.31. The van der Waals surface area contributed by atoms with Gasteiger partial charge in [-0.15, -0.1) is 0 Å². The fourth-order valence-corrected chi connectivity index (χ4v) is 5.73. The molecule has 0 radical (unpaired) electrons. The largest absolute Gasteiger partial charge is 0.431 e. The zero-order valence-electron chi connectivity index (χ0n) is 19.0. The summed E-state index contributed by atoms with van der Waals surface area (Å²) in [6, 6.07) is 11.3. The predicted octanol–water partition coefficient (Wildman–Crippen LogP) is 4.80. The molecule has 0 unspecified atom stereocenters. The Morgan fingerprint density at radius 1 is 1.11 bits per heavy atom. The average molecular weight is 513 g/mol. The van der Waals surface area contributed by atoms with Gasteiger partial charge in [-0.25, -0.2) is 4.39 Å². The lowest BCUT2D eigenvalue weighted by Gasteiger charge is -2.50. The van der Waals surface area contributed by atoms with Crippen LogP contribution in [0.1, 0.15) is 36.3 Å². The molecule has 1 N–H and O–H groups in total. The highest BCUT2D eigenvalue weighted by Gasteiger charge is 2.65. The van der Waals surface area contributed by atoms with Crippen LogP contribution in [0.15, 0.2) is 48.5 Å². The molecule has 0 saturated carbocycles. The van der Waals surface area contributed by atoms with Gasteiger partial charge in [-0.1, -0.05) is 41.9 Å². The van der Waals surface area contributed by atoms with Gasteiger partial charge in [0.05, 0.1) is 0 Å². The fourth-order valence-electron chi connectivity index (χ4n) is 5.46. The van der Waals surface area contributed by atoms with E-state index < -0.39 is 28.7 Å². The maximum absolute atomic E-state index is 14.4. The molecule has 2 aromatic carbocycles. The molecule has 35 heavy (non-hydrogen) atoms. The van der Waals surface area contributed by atoms with Crippen molar-refractivity contribution in [3.05, 3.63) is 70.5 Å². The topological polar surface area (TPSA) is 58.6 Å². The minimum Gasteiger partial charge on any atom is -0.356 e. The van der Waals surface area contributed by atoms with E-state index in [0.717, 1.165) is 23.6 Å². The molecule has 2 fully saturated rings. The Balaban J connectivity index is 1.64. The van der Waals surface area contributed by atoms with Crippen molar-refractivity contribution in [2.24, 2.45) is 5.41 Å². The number of likely N-dealkylation sites (tertiary alicyclic amines) is 1. The zero-order valence-corrected chi connectivity index (χ0v) is 19.8. The van der Waals surface area contributed by atoms with Crippen molar-refractivity contribution in [3.63, 3.8) is 0 Å². The summed E-state index contributed by atoms with van der Waals surface area (Å²) >= 11 is 6.09. The Morgan fingerprint density at radius 3 is 2.31 bits per heavy atom. The lowest BCUT2D eigenvalue weighted by atomic mass is 9.62. The summed E-state index contributed by atoms with van der Waals surface area (Å²) in [6.45, 7) is 0.355. The first-order valence-corrected chi connectivity index (χ1v) is 11.6. The molecule has 0 aliphatic carbocycles. The summed E-state index contributed by atoms with van der Waals surface area (Å²) in [5.74, 6) is -1.93. The normalized spacial score (nSPS) is 21.9. The molecular formula is C25H25ClF4N2O3. The molecule has 2 amide bonds. The van der Waals surface area contributed by atoms with Crippen molar-refractivity contribution < 1.29 is 31.9 Å². The van der Waals surface area contributed by atoms with Gasteiger partial charge in [0.1, 0.15) is 5.82 Å². The number of carbonyl (C=O) groups is 2. The van der Waals surface area contributed by atoms with Crippen LogP contribution in [0.5, 0.6) is 0 Å². The van der Waals surface area contributed by atoms with Crippen LogP contribution in [0.3, 0.4) is 0 Å². The number of amides is 2. The van der Waals surface area contributed by atoms with E-state index >= 15 is 0 Å². The number of piperidine rings is 2. The molecule has 4 rings (SSSR count). The van der Waals surface area contributed by atoms with Crippen molar-refractivity contribution in [1.82, 2.24) is 10.2 Å². The summed E-state index contributed by atoms with van der Waals surface area (Å²) in [7, 11) is 0.843. The van der Waals surface area contributed by atoms with Crippen molar-refractivity contribution in [1.29, 1.82) is 0 Å². The third-order valence-electron chi connectivity index (χ3n) is 7.33. The molecule has 188 valence electrons. The Morgan fingerprint density at radius 2 is 1.74 bits per heavy atom. The summed E-state index contributed by atoms with van der Waals surface area (Å²) in [6.07, 6.45) is -4.26. The average Bonchev–Trinajstić information content (AvgIpc) is 2.81. The van der Waals surface area contributed by atoms with Gasteiger partial charge in [0.15, 0.2) is 0 Å². The highest BCUT2D eigenvalue weighted by atomic mass is 35.5. The lowest BCUT2D eigenvalue weighted by molar-refractivity contribution is -0.271. The molecule has 2 aliphatic rings. The Hall–Kier alpha value is -2.65. The first-order valence-electron chi connectivity index (χ1n) is 11.2. The van der Waals surface area contributed by atoms with E-state index in [1.54, 1.807) is 12.1 Å². The summed E-state index contributed by atoms with van der Waals surface area (Å²) in [4.78, 5) is 26.9. The monoisotopic (exact) mass is 512 g/mol. The van der Waals surface area contributed by atoms with E-state index in [4.69, 9.17) is 16.3 Å². The van der Waals surface area contributed by atoms with E-state index in [1.807, 2.05) is 0 Å². The van der Waals surface area contributed by atoms with Gasteiger partial charge >= 0.3 is 6.18 Å². The minimum atomic E-state index is -5.07. The predicted molar refractivity (Wildman–Crippen MR) is 121 cm³/mol. The number of carbonyl (C=O) groups excluding carboxylic acids is 2. The van der Waals surface area contributed by atoms with Crippen LogP contribution in [0.25, 0.3) is 0 Å². The van der Waals surface area contributed by atoms with Gasteiger partial charge in [-0.05, 0) is 42.0 Å². The molecule has 2 aliphatic heterocycles. The maximum Gasteiger partial charge on any atom is 0.431 e. The number of nitrogens with one attached hydrogen (secondary N) is 1. The molecule has 2 saturated heterocycles. The number of hydrogen-bond acceptors (Lipinski definition) is 3. The third kappa shape index (κ3) is 4.40. The maximum atomic E-state index is 14.4. The minimum absolute atomic E-state index is 0.00938. The number of methoxy groups -OCH3 is 1. The Kier molecular flexibility index (Phi) is 6.85.